The zero-order chi connectivity index (χ0) is 11.8. The van der Waals surface area contributed by atoms with Crippen LogP contribution in [0.2, 0.25) is 5.02 Å². The lowest BCUT2D eigenvalue weighted by Crippen LogP contribution is -2.24. The van der Waals surface area contributed by atoms with Crippen molar-refractivity contribution in [2.45, 2.75) is 12.8 Å². The fourth-order valence-corrected chi connectivity index (χ4v) is 1.86. The molecule has 0 radical (unpaired) electrons. The number of halogens is 1. The maximum atomic E-state index is 11.8. The third-order valence-corrected chi connectivity index (χ3v) is 3.18. The molecule has 88 valence electrons. The van der Waals surface area contributed by atoms with Gasteiger partial charge in [-0.2, -0.15) is 0 Å². The standard InChI is InChI=1S/C12H11ClN2O2/c13-9-3-4-14-12-8(9)5-10(17-12)11(16)15-6-7-1-2-7/h3-5,7H,1-2,6H2,(H,15,16). The summed E-state index contributed by atoms with van der Waals surface area (Å²) in [5.74, 6) is 0.706. The molecule has 1 saturated carbocycles. The molecule has 0 aromatic carbocycles. The normalized spacial score (nSPS) is 15.1. The molecule has 5 heteroatoms. The number of pyridine rings is 1. The van der Waals surface area contributed by atoms with Crippen molar-refractivity contribution < 1.29 is 9.21 Å². The van der Waals surface area contributed by atoms with Crippen molar-refractivity contribution in [2.75, 3.05) is 6.54 Å². The third kappa shape index (κ3) is 2.13. The van der Waals surface area contributed by atoms with Crippen molar-refractivity contribution in [1.82, 2.24) is 10.3 Å². The number of nitrogens with one attached hydrogen (secondary N) is 1. The molecular weight excluding hydrogens is 240 g/mol. The van der Waals surface area contributed by atoms with Crippen molar-refractivity contribution in [1.29, 1.82) is 0 Å². The summed E-state index contributed by atoms with van der Waals surface area (Å²) in [5.41, 5.74) is 0.397. The fraction of sp³-hybridized carbons (Fsp3) is 0.333. The number of aromatic nitrogens is 1. The van der Waals surface area contributed by atoms with E-state index in [0.717, 1.165) is 6.54 Å². The van der Waals surface area contributed by atoms with E-state index < -0.39 is 0 Å². The Morgan fingerprint density at radius 1 is 1.59 bits per heavy atom. The summed E-state index contributed by atoms with van der Waals surface area (Å²) in [6.45, 7) is 0.719. The minimum atomic E-state index is -0.203. The number of furan rings is 1. The van der Waals surface area contributed by atoms with Crippen molar-refractivity contribution in [3.8, 4) is 0 Å². The molecule has 0 unspecified atom stereocenters. The van der Waals surface area contributed by atoms with E-state index in [-0.39, 0.29) is 11.7 Å². The molecular formula is C12H11ClN2O2. The van der Waals surface area contributed by atoms with Gasteiger partial charge in [0.1, 0.15) is 0 Å². The Bertz CT molecular complexity index is 575. The molecule has 17 heavy (non-hydrogen) atoms. The highest BCUT2D eigenvalue weighted by molar-refractivity contribution is 6.35. The quantitative estimate of drug-likeness (QED) is 0.911. The van der Waals surface area contributed by atoms with Crippen LogP contribution >= 0.6 is 11.6 Å². The molecule has 1 amide bonds. The molecule has 0 bridgehead atoms. The number of fused-ring (bicyclic) bond motifs is 1. The van der Waals surface area contributed by atoms with Crippen LogP contribution in [0.1, 0.15) is 23.4 Å². The predicted octanol–water partition coefficient (Wildman–Crippen LogP) is 2.62. The lowest BCUT2D eigenvalue weighted by Gasteiger charge is -1.99. The smallest absolute Gasteiger partial charge is 0.287 e. The minimum absolute atomic E-state index is 0.203. The first kappa shape index (κ1) is 10.6. The van der Waals surface area contributed by atoms with Gasteiger partial charge in [-0.15, -0.1) is 0 Å². The summed E-state index contributed by atoms with van der Waals surface area (Å²) in [7, 11) is 0. The van der Waals surface area contributed by atoms with Crippen molar-refractivity contribution >= 4 is 28.6 Å². The summed E-state index contributed by atoms with van der Waals surface area (Å²) in [6.07, 6.45) is 3.96. The molecule has 3 rings (SSSR count). The first-order valence-electron chi connectivity index (χ1n) is 5.56. The van der Waals surface area contributed by atoms with Crippen molar-refractivity contribution in [3.63, 3.8) is 0 Å². The Morgan fingerprint density at radius 3 is 3.12 bits per heavy atom. The molecule has 0 spiro atoms. The van der Waals surface area contributed by atoms with Gasteiger partial charge in [-0.3, -0.25) is 4.79 Å². The summed E-state index contributed by atoms with van der Waals surface area (Å²) < 4.78 is 5.36. The Morgan fingerprint density at radius 2 is 2.41 bits per heavy atom. The Hall–Kier alpha value is -1.55. The number of amides is 1. The van der Waals surface area contributed by atoms with E-state index in [1.165, 1.54) is 12.8 Å². The van der Waals surface area contributed by atoms with Crippen molar-refractivity contribution in [3.05, 3.63) is 29.1 Å². The number of carbonyl (C=O) groups excluding carboxylic acids is 1. The van der Waals surface area contributed by atoms with E-state index in [2.05, 4.69) is 10.3 Å². The van der Waals surface area contributed by atoms with E-state index in [1.54, 1.807) is 18.3 Å². The zero-order valence-corrected chi connectivity index (χ0v) is 9.83. The molecule has 0 atom stereocenters. The van der Waals surface area contributed by atoms with E-state index in [9.17, 15) is 4.79 Å². The number of hydrogen-bond donors (Lipinski definition) is 1. The fourth-order valence-electron chi connectivity index (χ4n) is 1.67. The van der Waals surface area contributed by atoms with E-state index >= 15 is 0 Å². The van der Waals surface area contributed by atoms with Crippen LogP contribution in [0.25, 0.3) is 11.1 Å². The molecule has 2 aromatic heterocycles. The van der Waals surface area contributed by atoms with Gasteiger partial charge < -0.3 is 9.73 Å². The molecule has 1 fully saturated rings. The third-order valence-electron chi connectivity index (χ3n) is 2.85. The summed E-state index contributed by atoms with van der Waals surface area (Å²) in [6, 6.07) is 3.30. The first-order valence-corrected chi connectivity index (χ1v) is 5.94. The average molecular weight is 251 g/mol. The second kappa shape index (κ2) is 4.04. The van der Waals surface area contributed by atoms with Crippen LogP contribution in [-0.4, -0.2) is 17.4 Å². The van der Waals surface area contributed by atoms with Gasteiger partial charge in [0.25, 0.3) is 5.91 Å². The minimum Gasteiger partial charge on any atom is -0.433 e. The van der Waals surface area contributed by atoms with E-state index in [0.29, 0.717) is 22.0 Å². The summed E-state index contributed by atoms with van der Waals surface area (Å²) in [4.78, 5) is 15.8. The lowest BCUT2D eigenvalue weighted by atomic mass is 10.3. The van der Waals surface area contributed by atoms with E-state index in [1.807, 2.05) is 0 Å². The maximum Gasteiger partial charge on any atom is 0.287 e. The van der Waals surface area contributed by atoms with Gasteiger partial charge in [-0.05, 0) is 24.8 Å². The second-order valence-electron chi connectivity index (χ2n) is 4.28. The van der Waals surface area contributed by atoms with Crippen molar-refractivity contribution in [2.24, 2.45) is 5.92 Å². The molecule has 0 saturated heterocycles. The lowest BCUT2D eigenvalue weighted by molar-refractivity contribution is 0.0926. The molecule has 2 heterocycles. The number of hydrogen-bond acceptors (Lipinski definition) is 3. The highest BCUT2D eigenvalue weighted by atomic mass is 35.5. The number of rotatable bonds is 3. The molecule has 1 aliphatic carbocycles. The topological polar surface area (TPSA) is 55.1 Å². The van der Waals surface area contributed by atoms with Crippen LogP contribution in [0.15, 0.2) is 22.7 Å². The first-order chi connectivity index (χ1) is 8.24. The van der Waals surface area contributed by atoms with Gasteiger partial charge in [0.05, 0.1) is 10.4 Å². The van der Waals surface area contributed by atoms with Gasteiger partial charge in [-0.1, -0.05) is 11.6 Å². The monoisotopic (exact) mass is 250 g/mol. The Labute approximate surface area is 103 Å². The van der Waals surface area contributed by atoms with Gasteiger partial charge in [0.2, 0.25) is 5.71 Å². The molecule has 0 aliphatic heterocycles. The Balaban J connectivity index is 1.84. The van der Waals surface area contributed by atoms with Crippen LogP contribution in [0.5, 0.6) is 0 Å². The zero-order valence-electron chi connectivity index (χ0n) is 9.07. The predicted molar refractivity (Wildman–Crippen MR) is 64.1 cm³/mol. The SMILES string of the molecule is O=C(NCC1CC1)c1cc2c(Cl)ccnc2o1. The van der Waals surface area contributed by atoms with Gasteiger partial charge >= 0.3 is 0 Å². The largest absolute Gasteiger partial charge is 0.433 e. The summed E-state index contributed by atoms with van der Waals surface area (Å²) >= 11 is 5.98. The second-order valence-corrected chi connectivity index (χ2v) is 4.68. The van der Waals surface area contributed by atoms with Gasteiger partial charge in [0, 0.05) is 18.8 Å². The highest BCUT2D eigenvalue weighted by Crippen LogP contribution is 2.28. The van der Waals surface area contributed by atoms with Gasteiger partial charge in [-0.25, -0.2) is 4.98 Å². The summed E-state index contributed by atoms with van der Waals surface area (Å²) in [5, 5.41) is 4.05. The van der Waals surface area contributed by atoms with Gasteiger partial charge in [0.15, 0.2) is 5.76 Å². The van der Waals surface area contributed by atoms with Crippen LogP contribution in [0.3, 0.4) is 0 Å². The molecule has 2 aromatic rings. The maximum absolute atomic E-state index is 11.8. The van der Waals surface area contributed by atoms with Crippen LogP contribution in [0, 0.1) is 5.92 Å². The Kier molecular flexibility index (Phi) is 2.52. The molecule has 4 nitrogen and oxygen atoms in total. The van der Waals surface area contributed by atoms with E-state index in [4.69, 9.17) is 16.0 Å². The molecule has 1 aliphatic rings. The van der Waals surface area contributed by atoms with Crippen LogP contribution in [0.4, 0.5) is 0 Å². The van der Waals surface area contributed by atoms with Crippen LogP contribution in [-0.2, 0) is 0 Å². The number of carbonyl (C=O) groups is 1. The highest BCUT2D eigenvalue weighted by Gasteiger charge is 2.23. The molecule has 1 N–H and O–H groups in total. The number of nitrogens with zero attached hydrogens (tertiary/aromatic N) is 1. The van der Waals surface area contributed by atoms with Crippen LogP contribution < -0.4 is 5.32 Å². The average Bonchev–Trinajstić information content (AvgIpc) is 3.04.